The second-order valence-corrected chi connectivity index (χ2v) is 3.33. The first-order valence-electron chi connectivity index (χ1n) is 3.33. The molecule has 1 aromatic carbocycles. The first kappa shape index (κ1) is 8.11. The number of hydrogen-bond donors (Lipinski definition) is 0. The fourth-order valence-electron chi connectivity index (χ4n) is 0.831. The van der Waals surface area contributed by atoms with Crippen molar-refractivity contribution in [2.75, 3.05) is 0 Å². The average molecular weight is 247 g/mol. The Morgan fingerprint density at radius 3 is 2.40 bits per heavy atom. The van der Waals surface area contributed by atoms with Gasteiger partial charge in [0.2, 0.25) is 0 Å². The van der Waals surface area contributed by atoms with E-state index in [1.54, 1.807) is 0 Å². The van der Waals surface area contributed by atoms with Gasteiger partial charge in [-0.3, -0.25) is 0 Å². The van der Waals surface area contributed by atoms with Crippen molar-refractivity contribution in [2.24, 2.45) is 0 Å². The molecular formula is C9H11Te. The third kappa shape index (κ3) is 2.01. The molecule has 0 nitrogen and oxygen atoms in total. The molecule has 1 heteroatoms. The Morgan fingerprint density at radius 1 is 1.30 bits per heavy atom. The fourth-order valence-corrected chi connectivity index (χ4v) is 1.43. The summed E-state index contributed by atoms with van der Waals surface area (Å²) in [5.74, 6) is 0.482. The van der Waals surface area contributed by atoms with Gasteiger partial charge in [0.25, 0.3) is 0 Å². The Morgan fingerprint density at radius 2 is 1.90 bits per heavy atom. The second kappa shape index (κ2) is 4.01. The van der Waals surface area contributed by atoms with Crippen LogP contribution in [0.4, 0.5) is 0 Å². The molecule has 0 spiro atoms. The predicted molar refractivity (Wildman–Crippen MR) is 46.5 cm³/mol. The molecule has 0 aromatic heterocycles. The van der Waals surface area contributed by atoms with Gasteiger partial charge in [-0.05, 0) is 0 Å². The van der Waals surface area contributed by atoms with E-state index < -0.39 is 0 Å². The summed E-state index contributed by atoms with van der Waals surface area (Å²) in [7, 11) is 0. The molecule has 0 bridgehead atoms. The molecule has 0 saturated heterocycles. The summed E-state index contributed by atoms with van der Waals surface area (Å²) in [6.45, 7) is 4.04. The maximum absolute atomic E-state index is 4.04. The summed E-state index contributed by atoms with van der Waals surface area (Å²) in [6.07, 6.45) is 0. The van der Waals surface area contributed by atoms with Crippen molar-refractivity contribution < 1.29 is 0 Å². The zero-order valence-corrected chi connectivity index (χ0v) is 8.38. The van der Waals surface area contributed by atoms with Crippen LogP contribution >= 0.6 is 0 Å². The van der Waals surface area contributed by atoms with Crippen LogP contribution in [0.2, 0.25) is 4.47 Å². The van der Waals surface area contributed by atoms with Gasteiger partial charge in [-0.2, -0.15) is 0 Å². The zero-order chi connectivity index (χ0) is 7.40. The van der Waals surface area contributed by atoms with E-state index in [1.165, 1.54) is 10.0 Å². The Hall–Kier alpha value is 0.00961. The maximum atomic E-state index is 4.04. The van der Waals surface area contributed by atoms with Crippen molar-refractivity contribution in [3.8, 4) is 0 Å². The Bertz CT molecular complexity index is 181. The average Bonchev–Trinajstić information content (AvgIpc) is 2.05. The summed E-state index contributed by atoms with van der Waals surface area (Å²) in [5, 5.41) is 0. The molecule has 0 aliphatic heterocycles. The number of benzene rings is 1. The van der Waals surface area contributed by atoms with E-state index >= 15 is 0 Å². The molecule has 0 amide bonds. The van der Waals surface area contributed by atoms with Crippen molar-refractivity contribution in [2.45, 2.75) is 10.4 Å². The van der Waals surface area contributed by atoms with Crippen LogP contribution in [0.3, 0.4) is 0 Å². The van der Waals surface area contributed by atoms with Crippen LogP contribution in [0.25, 0.3) is 0 Å². The van der Waals surface area contributed by atoms with Crippen molar-refractivity contribution in [3.05, 3.63) is 42.8 Å². The predicted octanol–water partition coefficient (Wildman–Crippen LogP) is 1.92. The molecule has 1 radical (unpaired) electrons. The number of hydrogen-bond acceptors (Lipinski definition) is 0. The van der Waals surface area contributed by atoms with Crippen LogP contribution in [0, 0.1) is 6.92 Å². The van der Waals surface area contributed by atoms with E-state index in [-0.39, 0.29) is 0 Å². The molecule has 10 heavy (non-hydrogen) atoms. The van der Waals surface area contributed by atoms with Gasteiger partial charge in [-0.1, -0.05) is 0 Å². The molecule has 0 N–H and O–H groups in total. The van der Waals surface area contributed by atoms with Crippen LogP contribution in [0.15, 0.2) is 30.3 Å². The van der Waals surface area contributed by atoms with Crippen LogP contribution in [-0.4, -0.2) is 22.3 Å². The molecule has 0 saturated carbocycles. The van der Waals surface area contributed by atoms with Gasteiger partial charge in [-0.25, -0.2) is 0 Å². The Balaban J connectivity index is 2.75. The van der Waals surface area contributed by atoms with Crippen molar-refractivity contribution in [3.63, 3.8) is 0 Å². The van der Waals surface area contributed by atoms with Crippen LogP contribution in [-0.2, 0) is 0 Å². The first-order chi connectivity index (χ1) is 4.84. The monoisotopic (exact) mass is 249 g/mol. The molecule has 1 atom stereocenters. The van der Waals surface area contributed by atoms with Crippen molar-refractivity contribution in [1.82, 2.24) is 0 Å². The van der Waals surface area contributed by atoms with E-state index in [4.69, 9.17) is 0 Å². The van der Waals surface area contributed by atoms with E-state index in [1.807, 2.05) is 28.4 Å². The van der Waals surface area contributed by atoms with Gasteiger partial charge in [-0.15, -0.1) is 0 Å². The van der Waals surface area contributed by atoms with Crippen LogP contribution < -0.4 is 0 Å². The van der Waals surface area contributed by atoms with E-state index in [0.717, 1.165) is 0 Å². The van der Waals surface area contributed by atoms with Gasteiger partial charge < -0.3 is 0 Å². The summed E-state index contributed by atoms with van der Waals surface area (Å²) in [4.78, 5) is 0. The van der Waals surface area contributed by atoms with E-state index in [0.29, 0.717) is 5.92 Å². The fraction of sp³-hybridized carbons (Fsp3) is 0.222. The summed E-state index contributed by atoms with van der Waals surface area (Å²) in [5.41, 5.74) is 1.35. The van der Waals surface area contributed by atoms with Gasteiger partial charge >= 0.3 is 75.5 Å². The van der Waals surface area contributed by atoms with Crippen LogP contribution in [0.1, 0.15) is 11.5 Å². The van der Waals surface area contributed by atoms with Gasteiger partial charge in [0.15, 0.2) is 0 Å². The van der Waals surface area contributed by atoms with E-state index in [2.05, 4.69) is 31.2 Å². The quantitative estimate of drug-likeness (QED) is 0.700. The normalized spacial score (nSPS) is 13.0. The minimum atomic E-state index is 0.482. The van der Waals surface area contributed by atoms with Gasteiger partial charge in [0.1, 0.15) is 0 Å². The summed E-state index contributed by atoms with van der Waals surface area (Å²) in [6, 6.07) is 10.4. The molecule has 0 aliphatic rings. The van der Waals surface area contributed by atoms with Gasteiger partial charge in [0.05, 0.1) is 0 Å². The topological polar surface area (TPSA) is 0 Å². The SMILES string of the molecule is [CH2]C(C[TeH])c1ccccc1. The molecule has 1 unspecified atom stereocenters. The summed E-state index contributed by atoms with van der Waals surface area (Å²) < 4.78 is 1.17. The second-order valence-electron chi connectivity index (χ2n) is 2.29. The Kier molecular flexibility index (Phi) is 3.25. The van der Waals surface area contributed by atoms with E-state index in [9.17, 15) is 0 Å². The molecule has 1 aromatic rings. The standard InChI is InChI=1S/C9H11Te/c1-8(7-10)9-5-3-2-4-6-9/h2-6,8,10H,1,7H2. The van der Waals surface area contributed by atoms with Crippen LogP contribution in [0.5, 0.6) is 0 Å². The summed E-state index contributed by atoms with van der Waals surface area (Å²) >= 11 is 1.83. The third-order valence-corrected chi connectivity index (χ3v) is 2.75. The van der Waals surface area contributed by atoms with Gasteiger partial charge in [0, 0.05) is 0 Å². The third-order valence-electron chi connectivity index (χ3n) is 1.49. The molecule has 1 rings (SSSR count). The molecule has 53 valence electrons. The van der Waals surface area contributed by atoms with Crippen molar-refractivity contribution >= 4 is 22.3 Å². The first-order valence-corrected chi connectivity index (χ1v) is 5.14. The molecular weight excluding hydrogens is 236 g/mol. The molecule has 0 heterocycles. The molecule has 0 aliphatic carbocycles. The minimum absolute atomic E-state index is 0.482. The molecule has 0 fully saturated rings. The number of rotatable bonds is 2. The Labute approximate surface area is 75.6 Å². The zero-order valence-electron chi connectivity index (χ0n) is 5.83. The van der Waals surface area contributed by atoms with Crippen molar-refractivity contribution in [1.29, 1.82) is 0 Å².